The van der Waals surface area contributed by atoms with Crippen LogP contribution in [0, 0.1) is 13.8 Å². The Kier molecular flexibility index (Phi) is 3.23. The average Bonchev–Trinajstić information content (AvgIpc) is 2.75. The molecule has 0 saturated carbocycles. The molecule has 0 aliphatic rings. The van der Waals surface area contributed by atoms with Crippen molar-refractivity contribution in [2.24, 2.45) is 0 Å². The summed E-state index contributed by atoms with van der Waals surface area (Å²) in [5, 5.41) is 6.76. The number of carbonyl (C=O) groups excluding carboxylic acids is 1. The fourth-order valence-electron chi connectivity index (χ4n) is 1.49. The van der Waals surface area contributed by atoms with Gasteiger partial charge in [0.1, 0.15) is 0 Å². The molecule has 0 radical (unpaired) electrons. The van der Waals surface area contributed by atoms with Gasteiger partial charge in [-0.3, -0.25) is 0 Å². The van der Waals surface area contributed by atoms with E-state index >= 15 is 0 Å². The topological polar surface area (TPSA) is 46.9 Å². The lowest BCUT2D eigenvalue weighted by molar-refractivity contribution is 0.239. The number of amides is 1. The molecule has 1 aromatic heterocycles. The molecule has 2 rings (SSSR count). The lowest BCUT2D eigenvalue weighted by Crippen LogP contribution is -2.28. The van der Waals surface area contributed by atoms with Gasteiger partial charge in [0.05, 0.1) is 6.20 Å². The molecule has 4 nitrogen and oxygen atoms in total. The quantitative estimate of drug-likeness (QED) is 0.858. The molecule has 1 aromatic carbocycles. The Hall–Kier alpha value is -2.10. The van der Waals surface area contributed by atoms with Crippen LogP contribution < -0.4 is 5.32 Å². The highest BCUT2D eigenvalue weighted by Gasteiger charge is 2.04. The van der Waals surface area contributed by atoms with E-state index in [0.717, 1.165) is 11.1 Å². The first-order chi connectivity index (χ1) is 8.15. The standard InChI is InChI=1S/C13H15N3O/c1-10-3-5-12(6-4-10)8-14-13(17)16-9-11(2)7-15-16/h3-7,9H,8H2,1-2H3,(H,14,17). The van der Waals surface area contributed by atoms with E-state index in [9.17, 15) is 4.79 Å². The average molecular weight is 229 g/mol. The van der Waals surface area contributed by atoms with Gasteiger partial charge < -0.3 is 5.32 Å². The first-order valence-corrected chi connectivity index (χ1v) is 5.50. The lowest BCUT2D eigenvalue weighted by atomic mass is 10.1. The van der Waals surface area contributed by atoms with Crippen LogP contribution in [0.15, 0.2) is 36.7 Å². The van der Waals surface area contributed by atoms with Gasteiger partial charge in [-0.1, -0.05) is 29.8 Å². The molecule has 0 aliphatic heterocycles. The van der Waals surface area contributed by atoms with Crippen LogP contribution in [0.5, 0.6) is 0 Å². The predicted octanol–water partition coefficient (Wildman–Crippen LogP) is 2.26. The number of hydrogen-bond acceptors (Lipinski definition) is 2. The van der Waals surface area contributed by atoms with Crippen molar-refractivity contribution >= 4 is 6.03 Å². The van der Waals surface area contributed by atoms with Crippen molar-refractivity contribution in [1.29, 1.82) is 0 Å². The molecular formula is C13H15N3O. The molecule has 2 aromatic rings. The smallest absolute Gasteiger partial charge is 0.332 e. The third kappa shape index (κ3) is 2.93. The van der Waals surface area contributed by atoms with Crippen LogP contribution in [0.25, 0.3) is 0 Å². The molecule has 1 heterocycles. The zero-order valence-corrected chi connectivity index (χ0v) is 9.97. The second-order valence-corrected chi connectivity index (χ2v) is 4.11. The van der Waals surface area contributed by atoms with E-state index in [1.807, 2.05) is 38.1 Å². The van der Waals surface area contributed by atoms with Gasteiger partial charge in [0.15, 0.2) is 0 Å². The third-order valence-electron chi connectivity index (χ3n) is 2.48. The van der Waals surface area contributed by atoms with Crippen molar-refractivity contribution < 1.29 is 4.79 Å². The highest BCUT2D eigenvalue weighted by atomic mass is 16.2. The van der Waals surface area contributed by atoms with E-state index in [-0.39, 0.29) is 6.03 Å². The van der Waals surface area contributed by atoms with Gasteiger partial charge in [-0.2, -0.15) is 9.78 Å². The van der Waals surface area contributed by atoms with Crippen molar-refractivity contribution in [1.82, 2.24) is 15.1 Å². The maximum atomic E-state index is 11.7. The molecule has 88 valence electrons. The van der Waals surface area contributed by atoms with E-state index < -0.39 is 0 Å². The number of nitrogens with zero attached hydrogens (tertiary/aromatic N) is 2. The Morgan fingerprint density at radius 2 is 1.94 bits per heavy atom. The lowest BCUT2D eigenvalue weighted by Gasteiger charge is -2.05. The summed E-state index contributed by atoms with van der Waals surface area (Å²) in [6.07, 6.45) is 3.36. The van der Waals surface area contributed by atoms with Crippen LogP contribution in [0.4, 0.5) is 4.79 Å². The number of aromatic nitrogens is 2. The molecule has 0 atom stereocenters. The SMILES string of the molecule is Cc1ccc(CNC(=O)n2cc(C)cn2)cc1. The maximum absolute atomic E-state index is 11.7. The van der Waals surface area contributed by atoms with Gasteiger partial charge in [-0.05, 0) is 25.0 Å². The Morgan fingerprint density at radius 1 is 1.24 bits per heavy atom. The van der Waals surface area contributed by atoms with Gasteiger partial charge in [0.2, 0.25) is 0 Å². The summed E-state index contributed by atoms with van der Waals surface area (Å²) in [7, 11) is 0. The van der Waals surface area contributed by atoms with Crippen molar-refractivity contribution in [2.45, 2.75) is 20.4 Å². The second-order valence-electron chi connectivity index (χ2n) is 4.11. The zero-order chi connectivity index (χ0) is 12.3. The molecular weight excluding hydrogens is 214 g/mol. The van der Waals surface area contributed by atoms with Gasteiger partial charge in [-0.25, -0.2) is 4.79 Å². The molecule has 0 saturated heterocycles. The molecule has 0 bridgehead atoms. The Bertz CT molecular complexity index is 514. The number of rotatable bonds is 2. The number of aryl methyl sites for hydroxylation is 2. The summed E-state index contributed by atoms with van der Waals surface area (Å²) >= 11 is 0. The number of nitrogens with one attached hydrogen (secondary N) is 1. The minimum absolute atomic E-state index is 0.210. The minimum atomic E-state index is -0.210. The zero-order valence-electron chi connectivity index (χ0n) is 9.97. The molecule has 17 heavy (non-hydrogen) atoms. The van der Waals surface area contributed by atoms with Gasteiger partial charge >= 0.3 is 6.03 Å². The number of carbonyl (C=O) groups is 1. The molecule has 4 heteroatoms. The normalized spacial score (nSPS) is 10.2. The predicted molar refractivity (Wildman–Crippen MR) is 65.8 cm³/mol. The van der Waals surface area contributed by atoms with E-state index in [4.69, 9.17) is 0 Å². The van der Waals surface area contributed by atoms with Crippen molar-refractivity contribution in [3.05, 3.63) is 53.3 Å². The molecule has 0 fully saturated rings. The Morgan fingerprint density at radius 3 is 2.53 bits per heavy atom. The van der Waals surface area contributed by atoms with Gasteiger partial charge in [0.25, 0.3) is 0 Å². The summed E-state index contributed by atoms with van der Waals surface area (Å²) in [5.41, 5.74) is 3.26. The van der Waals surface area contributed by atoms with Crippen LogP contribution in [0.1, 0.15) is 16.7 Å². The number of hydrogen-bond donors (Lipinski definition) is 1. The van der Waals surface area contributed by atoms with Crippen LogP contribution in [0.2, 0.25) is 0 Å². The fraction of sp³-hybridized carbons (Fsp3) is 0.231. The highest BCUT2D eigenvalue weighted by molar-refractivity contribution is 5.75. The molecule has 0 unspecified atom stereocenters. The Labute approximate surface area is 100 Å². The minimum Gasteiger partial charge on any atom is -0.332 e. The summed E-state index contributed by atoms with van der Waals surface area (Å²) in [5.74, 6) is 0. The van der Waals surface area contributed by atoms with E-state index in [1.165, 1.54) is 10.2 Å². The monoisotopic (exact) mass is 229 g/mol. The van der Waals surface area contributed by atoms with Crippen molar-refractivity contribution in [2.75, 3.05) is 0 Å². The number of benzene rings is 1. The van der Waals surface area contributed by atoms with Gasteiger partial charge in [0, 0.05) is 12.7 Å². The highest BCUT2D eigenvalue weighted by Crippen LogP contribution is 2.02. The molecule has 1 amide bonds. The maximum Gasteiger partial charge on any atom is 0.342 e. The molecule has 1 N–H and O–H groups in total. The second kappa shape index (κ2) is 4.82. The van der Waals surface area contributed by atoms with Crippen LogP contribution >= 0.6 is 0 Å². The molecule has 0 spiro atoms. The Balaban J connectivity index is 1.94. The van der Waals surface area contributed by atoms with Crippen LogP contribution in [0.3, 0.4) is 0 Å². The van der Waals surface area contributed by atoms with Gasteiger partial charge in [-0.15, -0.1) is 0 Å². The van der Waals surface area contributed by atoms with Crippen LogP contribution in [-0.2, 0) is 6.54 Å². The van der Waals surface area contributed by atoms with Crippen LogP contribution in [-0.4, -0.2) is 15.8 Å². The third-order valence-corrected chi connectivity index (χ3v) is 2.48. The van der Waals surface area contributed by atoms with Crippen molar-refractivity contribution in [3.63, 3.8) is 0 Å². The molecule has 0 aliphatic carbocycles. The van der Waals surface area contributed by atoms with E-state index in [2.05, 4.69) is 10.4 Å². The first kappa shape index (κ1) is 11.4. The summed E-state index contributed by atoms with van der Waals surface area (Å²) in [6, 6.07) is 7.85. The summed E-state index contributed by atoms with van der Waals surface area (Å²) in [6.45, 7) is 4.45. The first-order valence-electron chi connectivity index (χ1n) is 5.50. The van der Waals surface area contributed by atoms with E-state index in [1.54, 1.807) is 12.4 Å². The summed E-state index contributed by atoms with van der Waals surface area (Å²) in [4.78, 5) is 11.7. The van der Waals surface area contributed by atoms with Crippen molar-refractivity contribution in [3.8, 4) is 0 Å². The largest absolute Gasteiger partial charge is 0.342 e. The summed E-state index contributed by atoms with van der Waals surface area (Å²) < 4.78 is 1.31. The van der Waals surface area contributed by atoms with E-state index in [0.29, 0.717) is 6.54 Å². The fourth-order valence-corrected chi connectivity index (χ4v) is 1.49.